The van der Waals surface area contributed by atoms with Crippen molar-refractivity contribution in [2.24, 2.45) is 7.05 Å². The van der Waals surface area contributed by atoms with E-state index in [2.05, 4.69) is 31.0 Å². The summed E-state index contributed by atoms with van der Waals surface area (Å²) < 4.78 is 4.37. The zero-order chi connectivity index (χ0) is 15.5. The Morgan fingerprint density at radius 1 is 1.18 bits per heavy atom. The minimum atomic E-state index is 0.122. The van der Waals surface area contributed by atoms with E-state index < -0.39 is 0 Å². The van der Waals surface area contributed by atoms with Crippen LogP contribution >= 0.6 is 15.9 Å². The monoisotopic (exact) mass is 366 g/mol. The van der Waals surface area contributed by atoms with Crippen molar-refractivity contribution in [3.8, 4) is 0 Å². The number of carbonyl (C=O) groups is 1. The van der Waals surface area contributed by atoms with E-state index in [9.17, 15) is 4.79 Å². The first-order valence-corrected chi connectivity index (χ1v) is 8.05. The molecule has 2 aromatic rings. The van der Waals surface area contributed by atoms with Crippen LogP contribution in [-0.2, 0) is 24.9 Å². The van der Waals surface area contributed by atoms with Crippen LogP contribution < -0.4 is 0 Å². The van der Waals surface area contributed by atoms with Gasteiger partial charge in [0.25, 0.3) is 0 Å². The molecule has 2 aromatic heterocycles. The molecular formula is C14H19BrN6O. The summed E-state index contributed by atoms with van der Waals surface area (Å²) >= 11 is 3.34. The maximum absolute atomic E-state index is 12.3. The molecule has 22 heavy (non-hydrogen) atoms. The second-order valence-electron chi connectivity index (χ2n) is 5.54. The van der Waals surface area contributed by atoms with Crippen molar-refractivity contribution in [2.45, 2.75) is 13.1 Å². The molecule has 3 rings (SSSR count). The molecule has 0 radical (unpaired) electrons. The Bertz CT molecular complexity index is 643. The van der Waals surface area contributed by atoms with Gasteiger partial charge in [0.15, 0.2) is 0 Å². The molecule has 1 saturated heterocycles. The second kappa shape index (κ2) is 6.62. The van der Waals surface area contributed by atoms with Gasteiger partial charge in [0.2, 0.25) is 5.91 Å². The highest BCUT2D eigenvalue weighted by atomic mass is 79.9. The number of hydrogen-bond acceptors (Lipinski definition) is 4. The summed E-state index contributed by atoms with van der Waals surface area (Å²) in [6.45, 7) is 4.51. The standard InChI is InChI=1S/C14H19BrN6O/c1-18-8-12(6-16-18)9-19-2-4-20(5-3-19)14(22)11-21-10-13(15)7-17-21/h6-8,10H,2-5,9,11H2,1H3. The van der Waals surface area contributed by atoms with Gasteiger partial charge >= 0.3 is 0 Å². The van der Waals surface area contributed by atoms with E-state index in [0.29, 0.717) is 6.54 Å². The molecule has 0 saturated carbocycles. The van der Waals surface area contributed by atoms with Crippen LogP contribution in [0.15, 0.2) is 29.3 Å². The summed E-state index contributed by atoms with van der Waals surface area (Å²) in [6, 6.07) is 0. The van der Waals surface area contributed by atoms with Gasteiger partial charge in [-0.2, -0.15) is 10.2 Å². The molecule has 1 fully saturated rings. The maximum Gasteiger partial charge on any atom is 0.244 e. The topological polar surface area (TPSA) is 59.2 Å². The van der Waals surface area contributed by atoms with Crippen LogP contribution in [0.25, 0.3) is 0 Å². The van der Waals surface area contributed by atoms with E-state index in [-0.39, 0.29) is 5.91 Å². The van der Waals surface area contributed by atoms with Crippen molar-refractivity contribution in [2.75, 3.05) is 26.2 Å². The molecular weight excluding hydrogens is 348 g/mol. The Morgan fingerprint density at radius 2 is 1.95 bits per heavy atom. The third-order valence-electron chi connectivity index (χ3n) is 3.79. The average Bonchev–Trinajstić information content (AvgIpc) is 3.08. The predicted octanol–water partition coefficient (Wildman–Crippen LogP) is 0.723. The van der Waals surface area contributed by atoms with Crippen LogP contribution in [0.4, 0.5) is 0 Å². The summed E-state index contributed by atoms with van der Waals surface area (Å²) in [5.74, 6) is 0.122. The molecule has 1 amide bonds. The summed E-state index contributed by atoms with van der Waals surface area (Å²) in [4.78, 5) is 16.5. The highest BCUT2D eigenvalue weighted by molar-refractivity contribution is 9.10. The second-order valence-corrected chi connectivity index (χ2v) is 6.45. The van der Waals surface area contributed by atoms with Crippen LogP contribution in [0, 0.1) is 0 Å². The van der Waals surface area contributed by atoms with Gasteiger partial charge in [0.1, 0.15) is 6.54 Å². The Morgan fingerprint density at radius 3 is 2.55 bits per heavy atom. The number of hydrogen-bond donors (Lipinski definition) is 0. The quantitative estimate of drug-likeness (QED) is 0.799. The lowest BCUT2D eigenvalue weighted by Crippen LogP contribution is -2.49. The molecule has 3 heterocycles. The number of aromatic nitrogens is 4. The lowest BCUT2D eigenvalue weighted by Gasteiger charge is -2.34. The Hall–Kier alpha value is -1.67. The van der Waals surface area contributed by atoms with Gasteiger partial charge in [-0.05, 0) is 15.9 Å². The lowest BCUT2D eigenvalue weighted by atomic mass is 10.2. The number of carbonyl (C=O) groups excluding carboxylic acids is 1. The Kier molecular flexibility index (Phi) is 4.58. The minimum Gasteiger partial charge on any atom is -0.339 e. The largest absolute Gasteiger partial charge is 0.339 e. The molecule has 1 aliphatic heterocycles. The van der Waals surface area contributed by atoms with Crippen LogP contribution in [0.2, 0.25) is 0 Å². The summed E-state index contributed by atoms with van der Waals surface area (Å²) in [5, 5.41) is 8.31. The number of halogens is 1. The summed E-state index contributed by atoms with van der Waals surface area (Å²) in [5.41, 5.74) is 1.21. The highest BCUT2D eigenvalue weighted by Gasteiger charge is 2.21. The Balaban J connectivity index is 1.47. The normalized spacial score (nSPS) is 16.2. The molecule has 1 aliphatic rings. The molecule has 0 unspecified atom stereocenters. The maximum atomic E-state index is 12.3. The summed E-state index contributed by atoms with van der Waals surface area (Å²) in [6.07, 6.45) is 7.44. The van der Waals surface area contributed by atoms with E-state index in [4.69, 9.17) is 0 Å². The van der Waals surface area contributed by atoms with E-state index in [1.807, 2.05) is 35.2 Å². The van der Waals surface area contributed by atoms with Crippen LogP contribution in [0.1, 0.15) is 5.56 Å². The number of aryl methyl sites for hydroxylation is 1. The van der Waals surface area contributed by atoms with Gasteiger partial charge in [0, 0.05) is 57.7 Å². The molecule has 118 valence electrons. The van der Waals surface area contributed by atoms with Gasteiger partial charge in [-0.15, -0.1) is 0 Å². The zero-order valence-corrected chi connectivity index (χ0v) is 14.1. The number of nitrogens with zero attached hydrogens (tertiary/aromatic N) is 6. The van der Waals surface area contributed by atoms with Crippen LogP contribution in [0.5, 0.6) is 0 Å². The average molecular weight is 367 g/mol. The van der Waals surface area contributed by atoms with E-state index in [1.165, 1.54) is 5.56 Å². The first-order chi connectivity index (χ1) is 10.6. The summed E-state index contributed by atoms with van der Waals surface area (Å²) in [7, 11) is 1.92. The molecule has 0 N–H and O–H groups in total. The molecule has 7 nitrogen and oxygen atoms in total. The smallest absolute Gasteiger partial charge is 0.244 e. The van der Waals surface area contributed by atoms with E-state index in [0.717, 1.165) is 37.2 Å². The fourth-order valence-electron chi connectivity index (χ4n) is 2.63. The number of piperazine rings is 1. The minimum absolute atomic E-state index is 0.122. The van der Waals surface area contributed by atoms with E-state index in [1.54, 1.807) is 10.9 Å². The Labute approximate surface area is 137 Å². The fourth-order valence-corrected chi connectivity index (χ4v) is 2.96. The van der Waals surface area contributed by atoms with Gasteiger partial charge in [-0.25, -0.2) is 0 Å². The van der Waals surface area contributed by atoms with Gasteiger partial charge < -0.3 is 4.90 Å². The third kappa shape index (κ3) is 3.75. The van der Waals surface area contributed by atoms with Gasteiger partial charge in [-0.3, -0.25) is 19.1 Å². The van der Waals surface area contributed by atoms with Crippen LogP contribution in [0.3, 0.4) is 0 Å². The number of amides is 1. The van der Waals surface area contributed by atoms with Crippen molar-refractivity contribution in [3.05, 3.63) is 34.8 Å². The predicted molar refractivity (Wildman–Crippen MR) is 85.0 cm³/mol. The molecule has 0 atom stereocenters. The fraction of sp³-hybridized carbons (Fsp3) is 0.500. The van der Waals surface area contributed by atoms with Crippen LogP contribution in [-0.4, -0.2) is 61.4 Å². The van der Waals surface area contributed by atoms with Gasteiger partial charge in [-0.1, -0.05) is 0 Å². The van der Waals surface area contributed by atoms with Crippen molar-refractivity contribution < 1.29 is 4.79 Å². The molecule has 0 bridgehead atoms. The van der Waals surface area contributed by atoms with Gasteiger partial charge in [0.05, 0.1) is 16.9 Å². The third-order valence-corrected chi connectivity index (χ3v) is 4.20. The first-order valence-electron chi connectivity index (χ1n) is 7.26. The van der Waals surface area contributed by atoms with Crippen molar-refractivity contribution in [3.63, 3.8) is 0 Å². The van der Waals surface area contributed by atoms with Crippen molar-refractivity contribution >= 4 is 21.8 Å². The lowest BCUT2D eigenvalue weighted by molar-refractivity contribution is -0.133. The first kappa shape index (κ1) is 15.2. The highest BCUT2D eigenvalue weighted by Crippen LogP contribution is 2.10. The van der Waals surface area contributed by atoms with Crippen molar-refractivity contribution in [1.29, 1.82) is 0 Å². The molecule has 0 aliphatic carbocycles. The molecule has 8 heteroatoms. The molecule has 0 aromatic carbocycles. The SMILES string of the molecule is Cn1cc(CN2CCN(C(=O)Cn3cc(Br)cn3)CC2)cn1. The molecule has 0 spiro atoms. The number of rotatable bonds is 4. The van der Waals surface area contributed by atoms with E-state index >= 15 is 0 Å². The zero-order valence-electron chi connectivity index (χ0n) is 12.5. The van der Waals surface area contributed by atoms with Crippen molar-refractivity contribution in [1.82, 2.24) is 29.4 Å².